The van der Waals surface area contributed by atoms with Crippen molar-refractivity contribution in [3.63, 3.8) is 0 Å². The highest BCUT2D eigenvalue weighted by atomic mass is 32.2. The number of carbonyl (C=O) groups excluding carboxylic acids is 1. The molecule has 140 valence electrons. The maximum absolute atomic E-state index is 11.3. The summed E-state index contributed by atoms with van der Waals surface area (Å²) in [5, 5.41) is 13.5. The molecule has 0 unspecified atom stereocenters. The van der Waals surface area contributed by atoms with Crippen LogP contribution in [0.4, 0.5) is 5.69 Å². The lowest BCUT2D eigenvalue weighted by molar-refractivity contribution is -0.114. The van der Waals surface area contributed by atoms with Gasteiger partial charge in [-0.25, -0.2) is 0 Å². The molecule has 0 saturated heterocycles. The zero-order valence-electron chi connectivity index (χ0n) is 15.5. The standard InChI is InChI=1S/C21H18N4O2S/c1-13(26)12-28-21-11-19(22-23-21)17-7-16(8-18(9-17)24-27)15-4-3-14-5-6-25(2)20(14)10-15/h3-10H,11-12H2,1-2H3. The number of Topliss-reactive ketones (excluding diaryl/α,β-unsaturated/α-hetero) is 1. The number of aromatic nitrogens is 1. The first-order valence-electron chi connectivity index (χ1n) is 8.83. The van der Waals surface area contributed by atoms with Crippen molar-refractivity contribution < 1.29 is 4.79 Å². The predicted molar refractivity (Wildman–Crippen MR) is 116 cm³/mol. The van der Waals surface area contributed by atoms with Gasteiger partial charge in [-0.2, -0.15) is 5.10 Å². The molecule has 0 bridgehead atoms. The number of carbonyl (C=O) groups is 1. The minimum atomic E-state index is 0.103. The number of nitrogens with zero attached hydrogens (tertiary/aromatic N) is 4. The Balaban J connectivity index is 1.66. The van der Waals surface area contributed by atoms with Crippen molar-refractivity contribution in [3.8, 4) is 11.1 Å². The zero-order valence-corrected chi connectivity index (χ0v) is 16.4. The van der Waals surface area contributed by atoms with Crippen LogP contribution < -0.4 is 0 Å². The number of ketones is 1. The molecule has 7 heteroatoms. The van der Waals surface area contributed by atoms with E-state index in [1.807, 2.05) is 25.4 Å². The van der Waals surface area contributed by atoms with Crippen molar-refractivity contribution in [2.45, 2.75) is 13.3 Å². The lowest BCUT2D eigenvalue weighted by Crippen LogP contribution is -2.04. The summed E-state index contributed by atoms with van der Waals surface area (Å²) in [6, 6.07) is 13.8. The summed E-state index contributed by atoms with van der Waals surface area (Å²) in [5.74, 6) is 0.492. The Morgan fingerprint density at radius 3 is 2.71 bits per heavy atom. The fourth-order valence-electron chi connectivity index (χ4n) is 3.19. The van der Waals surface area contributed by atoms with Crippen LogP contribution in [-0.2, 0) is 11.8 Å². The highest BCUT2D eigenvalue weighted by Gasteiger charge is 2.17. The van der Waals surface area contributed by atoms with Crippen molar-refractivity contribution in [3.05, 3.63) is 59.1 Å². The number of rotatable bonds is 5. The fraction of sp³-hybridized carbons (Fsp3) is 0.190. The van der Waals surface area contributed by atoms with E-state index < -0.39 is 0 Å². The van der Waals surface area contributed by atoms with Crippen LogP contribution in [0.3, 0.4) is 0 Å². The van der Waals surface area contributed by atoms with Crippen molar-refractivity contribution in [1.29, 1.82) is 0 Å². The fourth-order valence-corrected chi connectivity index (χ4v) is 3.90. The summed E-state index contributed by atoms with van der Waals surface area (Å²) >= 11 is 1.40. The van der Waals surface area contributed by atoms with Crippen molar-refractivity contribution in [2.75, 3.05) is 5.75 Å². The summed E-state index contributed by atoms with van der Waals surface area (Å²) in [5.41, 5.74) is 4.98. The van der Waals surface area contributed by atoms with E-state index in [1.165, 1.54) is 11.8 Å². The first kappa shape index (κ1) is 18.3. The number of nitroso groups, excluding NO2 is 1. The molecular weight excluding hydrogens is 372 g/mol. The summed E-state index contributed by atoms with van der Waals surface area (Å²) in [4.78, 5) is 22.4. The van der Waals surface area contributed by atoms with Gasteiger partial charge in [0.15, 0.2) is 0 Å². The molecule has 1 aromatic heterocycles. The van der Waals surface area contributed by atoms with Crippen LogP contribution in [0.15, 0.2) is 64.0 Å². The third-order valence-corrected chi connectivity index (χ3v) is 5.73. The SMILES string of the molecule is CC(=O)CSC1=NN=C(c2cc(N=O)cc(-c3ccc4ccn(C)c4c3)c2)C1. The van der Waals surface area contributed by atoms with E-state index >= 15 is 0 Å². The van der Waals surface area contributed by atoms with E-state index in [2.05, 4.69) is 38.1 Å². The van der Waals surface area contributed by atoms with E-state index in [-0.39, 0.29) is 5.78 Å². The van der Waals surface area contributed by atoms with Crippen LogP contribution in [0.1, 0.15) is 18.9 Å². The third kappa shape index (κ3) is 3.66. The average Bonchev–Trinajstić information content (AvgIpc) is 3.33. The normalized spacial score (nSPS) is 13.5. The Morgan fingerprint density at radius 2 is 1.93 bits per heavy atom. The van der Waals surface area contributed by atoms with Gasteiger partial charge in [-0.3, -0.25) is 4.79 Å². The van der Waals surface area contributed by atoms with Crippen molar-refractivity contribution in [2.24, 2.45) is 22.4 Å². The molecule has 0 spiro atoms. The third-order valence-electron chi connectivity index (χ3n) is 4.62. The summed E-state index contributed by atoms with van der Waals surface area (Å²) in [6.07, 6.45) is 2.57. The van der Waals surface area contributed by atoms with Crippen LogP contribution >= 0.6 is 11.8 Å². The summed E-state index contributed by atoms with van der Waals surface area (Å²) in [7, 11) is 2.01. The Kier molecular flexibility index (Phi) is 4.92. The smallest absolute Gasteiger partial charge is 0.140 e. The van der Waals surface area contributed by atoms with E-state index in [4.69, 9.17) is 0 Å². The van der Waals surface area contributed by atoms with Gasteiger partial charge in [-0.05, 0) is 58.9 Å². The van der Waals surface area contributed by atoms with Gasteiger partial charge in [0.05, 0.1) is 11.5 Å². The average molecular weight is 390 g/mol. The monoisotopic (exact) mass is 390 g/mol. The molecule has 2 aromatic carbocycles. The maximum Gasteiger partial charge on any atom is 0.140 e. The second-order valence-electron chi connectivity index (χ2n) is 6.77. The lowest BCUT2D eigenvalue weighted by Gasteiger charge is -2.08. The quantitative estimate of drug-likeness (QED) is 0.571. The highest BCUT2D eigenvalue weighted by Crippen LogP contribution is 2.31. The molecule has 0 fully saturated rings. The van der Waals surface area contributed by atoms with Crippen molar-refractivity contribution in [1.82, 2.24) is 4.57 Å². The van der Waals surface area contributed by atoms with Gasteiger partial charge in [0.1, 0.15) is 16.5 Å². The van der Waals surface area contributed by atoms with Gasteiger partial charge in [0.2, 0.25) is 0 Å². The molecule has 4 rings (SSSR count). The molecule has 0 radical (unpaired) electrons. The van der Waals surface area contributed by atoms with E-state index in [0.717, 1.165) is 38.3 Å². The number of thioether (sulfide) groups is 1. The molecule has 0 saturated carbocycles. The van der Waals surface area contributed by atoms with Crippen LogP contribution in [0.25, 0.3) is 22.0 Å². The maximum atomic E-state index is 11.3. The molecular formula is C21H18N4O2S. The molecule has 3 aromatic rings. The molecule has 1 aliphatic heterocycles. The number of hydrogen-bond donors (Lipinski definition) is 0. The van der Waals surface area contributed by atoms with Gasteiger partial charge in [-0.1, -0.05) is 12.1 Å². The van der Waals surface area contributed by atoms with Gasteiger partial charge in [-0.15, -0.1) is 21.8 Å². The second-order valence-corrected chi connectivity index (χ2v) is 7.82. The molecule has 2 heterocycles. The van der Waals surface area contributed by atoms with Crippen LogP contribution in [0.5, 0.6) is 0 Å². The number of benzene rings is 2. The molecule has 0 amide bonds. The van der Waals surface area contributed by atoms with Gasteiger partial charge in [0, 0.05) is 30.7 Å². The predicted octanol–water partition coefficient (Wildman–Crippen LogP) is 5.07. The Morgan fingerprint density at radius 1 is 1.11 bits per heavy atom. The number of aryl methyl sites for hydroxylation is 1. The number of fused-ring (bicyclic) bond motifs is 1. The minimum Gasteiger partial charge on any atom is -0.351 e. The van der Waals surface area contributed by atoms with E-state index in [9.17, 15) is 9.70 Å². The largest absolute Gasteiger partial charge is 0.351 e. The molecule has 0 atom stereocenters. The molecule has 28 heavy (non-hydrogen) atoms. The Labute approximate surface area is 166 Å². The zero-order chi connectivity index (χ0) is 19.7. The highest BCUT2D eigenvalue weighted by molar-refractivity contribution is 8.14. The Hall–Kier alpha value is -3.06. The van der Waals surface area contributed by atoms with Gasteiger partial charge in [0.25, 0.3) is 0 Å². The van der Waals surface area contributed by atoms with E-state index in [1.54, 1.807) is 19.1 Å². The molecule has 6 nitrogen and oxygen atoms in total. The van der Waals surface area contributed by atoms with Crippen LogP contribution in [-0.4, -0.2) is 26.9 Å². The minimum absolute atomic E-state index is 0.103. The lowest BCUT2D eigenvalue weighted by atomic mass is 9.98. The second kappa shape index (κ2) is 7.52. The topological polar surface area (TPSA) is 76.2 Å². The Bertz CT molecular complexity index is 1160. The van der Waals surface area contributed by atoms with E-state index in [0.29, 0.717) is 17.9 Å². The van der Waals surface area contributed by atoms with Crippen LogP contribution in [0, 0.1) is 4.91 Å². The summed E-state index contributed by atoms with van der Waals surface area (Å²) in [6.45, 7) is 1.55. The summed E-state index contributed by atoms with van der Waals surface area (Å²) < 4.78 is 2.06. The first-order valence-corrected chi connectivity index (χ1v) is 9.82. The molecule has 0 N–H and O–H groups in total. The van der Waals surface area contributed by atoms with Crippen molar-refractivity contribution >= 4 is 44.9 Å². The first-order chi connectivity index (χ1) is 13.5. The van der Waals surface area contributed by atoms with Crippen LogP contribution in [0.2, 0.25) is 0 Å². The van der Waals surface area contributed by atoms with Gasteiger partial charge < -0.3 is 4.57 Å². The van der Waals surface area contributed by atoms with Gasteiger partial charge >= 0.3 is 0 Å². The molecule has 0 aliphatic carbocycles. The number of hydrogen-bond acceptors (Lipinski definition) is 6. The molecule has 1 aliphatic rings.